The number of hydrogen-bond donors (Lipinski definition) is 0. The number of fused-ring (bicyclic) bond motifs is 24. The number of thiophene rings is 1. The first kappa shape index (κ1) is 84.0. The largest absolute Gasteiger partial charge is 0.309 e. The number of nitrogens with zero attached hydrogens (tertiary/aromatic N) is 10. The van der Waals surface area contributed by atoms with E-state index in [2.05, 4.69) is 517 Å². The molecule has 0 saturated heterocycles. The standard InChI is InChI=1S/C48H30N4.C45H31N3.C42H25N3S/c1-3-13-31(14-4-1)34-23-26-40-42(28-34)49-47(35-24-25-39-37-19-9-11-21-43(37)51(45(39)30-35)36-17-5-2-6-18-36)50-48(40)52-44-22-12-10-20-38(44)41-27-32-15-7-8-16-33(32)29-46(41)52;1-45(2)38-18-10-8-16-33(38)34-22-21-32(25-39(34)45)43-46-40-26-31(28-12-4-3-5-13-28)20-23-36(40)44(47-43)48-41-19-11-9-17-35(41)37-24-29-14-6-7-15-30(29)27-42(37)48;1-2-10-26(11-3-1)29-18-21-34-36(23-29)43-41(30-19-20-33-32-15-7-9-17-39(32)46-40(33)25-30)44-42(34)45-37-16-8-6-14-31(37)35-22-27-12-4-5-13-28(27)24-38(35)45/h1-30H;3-27H,1-2H3;1-25H. The quantitative estimate of drug-likeness (QED) is 0.135. The Balaban J connectivity index is 0.000000104. The maximum Gasteiger partial charge on any atom is 0.162 e. The molecule has 0 spiro atoms. The Morgan fingerprint density at radius 3 is 0.925 bits per heavy atom. The minimum atomic E-state index is -0.115. The Morgan fingerprint density at radius 2 is 0.479 bits per heavy atom. The lowest BCUT2D eigenvalue weighted by molar-refractivity contribution is 0.660. The van der Waals surface area contributed by atoms with Crippen LogP contribution in [0.4, 0.5) is 0 Å². The van der Waals surface area contributed by atoms with E-state index in [0.717, 1.165) is 145 Å². The van der Waals surface area contributed by atoms with Crippen LogP contribution in [0, 0.1) is 0 Å². The molecule has 0 aliphatic heterocycles. The summed E-state index contributed by atoms with van der Waals surface area (Å²) in [4.78, 5) is 32.3. The van der Waals surface area contributed by atoms with Crippen LogP contribution in [0.25, 0.3) is 274 Å². The Kier molecular flexibility index (Phi) is 19.4. The zero-order valence-corrected chi connectivity index (χ0v) is 80.4. The van der Waals surface area contributed by atoms with Crippen LogP contribution in [0.15, 0.2) is 485 Å². The number of benzene rings is 22. The van der Waals surface area contributed by atoms with E-state index >= 15 is 0 Å². The van der Waals surface area contributed by atoms with Crippen LogP contribution in [0.1, 0.15) is 25.0 Å². The molecule has 8 aromatic heterocycles. The van der Waals surface area contributed by atoms with E-state index < -0.39 is 0 Å². The van der Waals surface area contributed by atoms with Gasteiger partial charge in [0, 0.05) is 107 Å². The molecule has 0 radical (unpaired) electrons. The van der Waals surface area contributed by atoms with Crippen molar-refractivity contribution in [3.05, 3.63) is 496 Å². The fraction of sp³-hybridized carbons (Fsp3) is 0.0222. The van der Waals surface area contributed by atoms with Gasteiger partial charge in [0.15, 0.2) is 17.5 Å². The van der Waals surface area contributed by atoms with E-state index in [-0.39, 0.29) is 5.41 Å². The van der Waals surface area contributed by atoms with E-state index in [0.29, 0.717) is 5.82 Å². The van der Waals surface area contributed by atoms with Gasteiger partial charge < -0.3 is 4.57 Å². The summed E-state index contributed by atoms with van der Waals surface area (Å²) >= 11 is 1.82. The van der Waals surface area contributed by atoms with Crippen molar-refractivity contribution >= 4 is 184 Å². The van der Waals surface area contributed by atoms with E-state index in [9.17, 15) is 0 Å². The molecule has 11 heteroatoms. The van der Waals surface area contributed by atoms with Crippen molar-refractivity contribution < 1.29 is 0 Å². The van der Waals surface area contributed by atoms with Crippen LogP contribution in [0.5, 0.6) is 0 Å². The van der Waals surface area contributed by atoms with Crippen molar-refractivity contribution in [2.24, 2.45) is 0 Å². The molecular formula is C135H86N10S. The summed E-state index contributed by atoms with van der Waals surface area (Å²) in [6, 6.07) is 174. The third-order valence-electron chi connectivity index (χ3n) is 30.0. The molecule has 1 aliphatic carbocycles. The Labute approximate surface area is 843 Å². The van der Waals surface area contributed by atoms with Gasteiger partial charge in [-0.1, -0.05) is 366 Å². The van der Waals surface area contributed by atoms with Gasteiger partial charge in [0.2, 0.25) is 0 Å². The van der Waals surface area contributed by atoms with Crippen molar-refractivity contribution in [2.75, 3.05) is 0 Å². The highest BCUT2D eigenvalue weighted by atomic mass is 32.1. The zero-order chi connectivity index (χ0) is 96.3. The predicted octanol–water partition coefficient (Wildman–Crippen LogP) is 35.4. The van der Waals surface area contributed by atoms with Gasteiger partial charge in [-0.05, 0) is 221 Å². The summed E-state index contributed by atoms with van der Waals surface area (Å²) in [5, 5.41) is 22.6. The average molecular weight is 1880 g/mol. The number of aromatic nitrogens is 10. The first-order valence-corrected chi connectivity index (χ1v) is 50.6. The molecule has 8 heterocycles. The summed E-state index contributed by atoms with van der Waals surface area (Å²) < 4.78 is 11.9. The fourth-order valence-electron chi connectivity index (χ4n) is 23.0. The molecular weight excluding hydrogens is 1790 g/mol. The van der Waals surface area contributed by atoms with Crippen LogP contribution in [-0.2, 0) is 5.41 Å². The highest BCUT2D eigenvalue weighted by Gasteiger charge is 2.36. The first-order chi connectivity index (χ1) is 72.1. The Morgan fingerprint density at radius 1 is 0.178 bits per heavy atom. The lowest BCUT2D eigenvalue weighted by Crippen LogP contribution is -2.15. The summed E-state index contributed by atoms with van der Waals surface area (Å²) in [6.45, 7) is 4.64. The molecule has 31 rings (SSSR count). The number of rotatable bonds is 10. The topological polar surface area (TPSA) is 97.1 Å². The van der Waals surface area contributed by atoms with Gasteiger partial charge in [-0.2, -0.15) is 0 Å². The van der Waals surface area contributed by atoms with Gasteiger partial charge in [-0.25, -0.2) is 29.9 Å². The summed E-state index contributed by atoms with van der Waals surface area (Å²) in [6.07, 6.45) is 0. The number of para-hydroxylation sites is 5. The van der Waals surface area contributed by atoms with Crippen LogP contribution >= 0.6 is 11.3 Å². The van der Waals surface area contributed by atoms with Crippen molar-refractivity contribution in [3.63, 3.8) is 0 Å². The Hall–Kier alpha value is -18.9. The molecule has 146 heavy (non-hydrogen) atoms. The zero-order valence-electron chi connectivity index (χ0n) is 79.6. The van der Waals surface area contributed by atoms with Gasteiger partial charge >= 0.3 is 0 Å². The van der Waals surface area contributed by atoms with Crippen LogP contribution in [0.3, 0.4) is 0 Å². The molecule has 1 aliphatic rings. The summed E-state index contributed by atoms with van der Waals surface area (Å²) in [7, 11) is 0. The normalized spacial score (nSPS) is 12.4. The highest BCUT2D eigenvalue weighted by molar-refractivity contribution is 7.25. The van der Waals surface area contributed by atoms with E-state index in [1.807, 2.05) is 11.3 Å². The molecule has 0 saturated carbocycles. The third kappa shape index (κ3) is 13.8. The monoisotopic (exact) mass is 1880 g/mol. The summed E-state index contributed by atoms with van der Waals surface area (Å²) in [5.41, 5.74) is 28.0. The van der Waals surface area contributed by atoms with Crippen LogP contribution in [-0.4, -0.2) is 48.2 Å². The molecule has 0 fully saturated rings. The van der Waals surface area contributed by atoms with E-state index in [1.165, 1.54) is 134 Å². The lowest BCUT2D eigenvalue weighted by atomic mass is 9.82. The second-order valence-corrected chi connectivity index (χ2v) is 39.9. The first-order valence-electron chi connectivity index (χ1n) is 49.8. The molecule has 10 nitrogen and oxygen atoms in total. The molecule has 0 bridgehead atoms. The van der Waals surface area contributed by atoms with Gasteiger partial charge in [0.05, 0.1) is 60.7 Å². The smallest absolute Gasteiger partial charge is 0.162 e. The van der Waals surface area contributed by atoms with Crippen LogP contribution in [0.2, 0.25) is 0 Å². The van der Waals surface area contributed by atoms with Crippen molar-refractivity contribution in [2.45, 2.75) is 19.3 Å². The third-order valence-corrected chi connectivity index (χ3v) is 31.2. The van der Waals surface area contributed by atoms with Gasteiger partial charge in [-0.15, -0.1) is 11.3 Å². The average Bonchev–Trinajstić information content (AvgIpc) is 1.63. The number of hydrogen-bond acceptors (Lipinski definition) is 7. The van der Waals surface area contributed by atoms with Crippen molar-refractivity contribution in [1.29, 1.82) is 0 Å². The van der Waals surface area contributed by atoms with E-state index in [1.54, 1.807) is 0 Å². The molecule has 22 aromatic carbocycles. The fourth-order valence-corrected chi connectivity index (χ4v) is 24.1. The minimum Gasteiger partial charge on any atom is -0.309 e. The second kappa shape index (κ2) is 33.6. The predicted molar refractivity (Wildman–Crippen MR) is 612 cm³/mol. The van der Waals surface area contributed by atoms with Gasteiger partial charge in [-0.3, -0.25) is 13.7 Å². The maximum absolute atomic E-state index is 5.50. The molecule has 0 unspecified atom stereocenters. The molecule has 0 amide bonds. The van der Waals surface area contributed by atoms with Gasteiger partial charge in [0.25, 0.3) is 0 Å². The van der Waals surface area contributed by atoms with Crippen molar-refractivity contribution in [1.82, 2.24) is 48.2 Å². The molecule has 0 N–H and O–H groups in total. The highest BCUT2D eigenvalue weighted by Crippen LogP contribution is 2.51. The lowest BCUT2D eigenvalue weighted by Gasteiger charge is -2.22. The minimum absolute atomic E-state index is 0.115. The second-order valence-electron chi connectivity index (χ2n) is 38.8. The maximum atomic E-state index is 5.50. The van der Waals surface area contributed by atoms with Gasteiger partial charge in [0.1, 0.15) is 17.5 Å². The Bertz CT molecular complexity index is 10600. The van der Waals surface area contributed by atoms with Crippen molar-refractivity contribution in [3.8, 4) is 102 Å². The van der Waals surface area contributed by atoms with Crippen LogP contribution < -0.4 is 0 Å². The molecule has 682 valence electrons. The SMILES string of the molecule is CC1(C)c2ccccc2-c2ccc(-c3nc(-n4c5ccccc5c5cc6ccccc6cc54)c4ccc(-c5ccccc5)cc4n3)cc21.c1ccc(-c2ccc3c(-n4c5ccccc5c5cc6ccccc6cc54)nc(-c4ccc5c(c4)sc4ccccc45)nc3c2)cc1.c1ccc(-c2ccc3c(-n4c5ccccc5c5cc6ccccc6cc54)nc(-c4ccc5c6ccccc6n(-c6ccccc6)c5c4)nc3c2)cc1. The summed E-state index contributed by atoms with van der Waals surface area (Å²) in [5.74, 6) is 4.77. The van der Waals surface area contributed by atoms with E-state index in [4.69, 9.17) is 29.9 Å². The molecule has 30 aromatic rings. The molecule has 0 atom stereocenters.